The molecule has 0 atom stereocenters. The van der Waals surface area contributed by atoms with Crippen LogP contribution in [0.4, 0.5) is 4.39 Å². The number of hydrogen-bond donors (Lipinski definition) is 0. The van der Waals surface area contributed by atoms with E-state index in [4.69, 9.17) is 0 Å². The van der Waals surface area contributed by atoms with E-state index in [1.807, 2.05) is 30.3 Å². The van der Waals surface area contributed by atoms with Crippen molar-refractivity contribution in [2.24, 2.45) is 0 Å². The summed E-state index contributed by atoms with van der Waals surface area (Å²) in [6.07, 6.45) is 0. The summed E-state index contributed by atoms with van der Waals surface area (Å²) >= 11 is 1.43. The second-order valence-corrected chi connectivity index (χ2v) is 8.09. The summed E-state index contributed by atoms with van der Waals surface area (Å²) in [7, 11) is -3.35. The Morgan fingerprint density at radius 1 is 0.957 bits per heavy atom. The first-order valence-electron chi connectivity index (χ1n) is 6.96. The summed E-state index contributed by atoms with van der Waals surface area (Å²) in [5.41, 5.74) is 2.08. The van der Waals surface area contributed by atoms with Gasteiger partial charge in [-0.3, -0.25) is 0 Å². The molecule has 1 heterocycles. The van der Waals surface area contributed by atoms with Gasteiger partial charge < -0.3 is 0 Å². The Bertz CT molecular complexity index is 888. The minimum atomic E-state index is -3.35. The predicted molar refractivity (Wildman–Crippen MR) is 90.3 cm³/mol. The monoisotopic (exact) mass is 347 g/mol. The zero-order valence-corrected chi connectivity index (χ0v) is 13.8. The maximum atomic E-state index is 12.9. The molecule has 0 saturated carbocycles. The highest BCUT2D eigenvalue weighted by Gasteiger charge is 2.16. The van der Waals surface area contributed by atoms with Gasteiger partial charge in [0.1, 0.15) is 10.8 Å². The van der Waals surface area contributed by atoms with E-state index in [1.165, 1.54) is 35.6 Å². The summed E-state index contributed by atoms with van der Waals surface area (Å²) < 4.78 is 37.4. The second kappa shape index (κ2) is 6.60. The Balaban J connectivity index is 1.73. The van der Waals surface area contributed by atoms with Crippen LogP contribution in [0.2, 0.25) is 0 Å². The fourth-order valence-electron chi connectivity index (χ4n) is 2.20. The maximum Gasteiger partial charge on any atom is 0.160 e. The second-order valence-electron chi connectivity index (χ2n) is 5.17. The van der Waals surface area contributed by atoms with Gasteiger partial charge in [-0.2, -0.15) is 0 Å². The van der Waals surface area contributed by atoms with Crippen LogP contribution in [0.25, 0.3) is 10.6 Å². The highest BCUT2D eigenvalue weighted by molar-refractivity contribution is 7.89. The molecule has 6 heteroatoms. The van der Waals surface area contributed by atoms with Gasteiger partial charge in [0, 0.05) is 10.9 Å². The molecule has 2 aromatic carbocycles. The molecule has 0 fully saturated rings. The molecule has 0 aliphatic heterocycles. The SMILES string of the molecule is O=S(=O)(Cc1ccc(F)cc1)Cc1csc(-c2ccccc2)n1. The molecule has 3 rings (SSSR count). The van der Waals surface area contributed by atoms with Gasteiger partial charge in [-0.25, -0.2) is 17.8 Å². The van der Waals surface area contributed by atoms with Gasteiger partial charge in [0.05, 0.1) is 17.2 Å². The first-order chi connectivity index (χ1) is 11.0. The van der Waals surface area contributed by atoms with Gasteiger partial charge >= 0.3 is 0 Å². The van der Waals surface area contributed by atoms with E-state index in [0.29, 0.717) is 11.3 Å². The van der Waals surface area contributed by atoms with Crippen molar-refractivity contribution in [3.63, 3.8) is 0 Å². The Labute approximate surface area is 138 Å². The molecule has 1 aromatic heterocycles. The number of rotatable bonds is 5. The molecular weight excluding hydrogens is 333 g/mol. The Morgan fingerprint density at radius 3 is 2.35 bits per heavy atom. The van der Waals surface area contributed by atoms with Crippen molar-refractivity contribution < 1.29 is 12.8 Å². The minimum Gasteiger partial charge on any atom is -0.240 e. The largest absolute Gasteiger partial charge is 0.240 e. The Kier molecular flexibility index (Phi) is 4.54. The molecule has 0 radical (unpaired) electrons. The molecule has 0 spiro atoms. The molecule has 3 nitrogen and oxygen atoms in total. The molecule has 0 saturated heterocycles. The van der Waals surface area contributed by atoms with Crippen molar-refractivity contribution in [1.29, 1.82) is 0 Å². The Morgan fingerprint density at radius 2 is 1.65 bits per heavy atom. The van der Waals surface area contributed by atoms with E-state index in [0.717, 1.165) is 10.6 Å². The zero-order chi connectivity index (χ0) is 16.3. The van der Waals surface area contributed by atoms with Crippen LogP contribution >= 0.6 is 11.3 Å². The standard InChI is InChI=1S/C17H14FNO2S2/c18-15-8-6-13(7-9-15)11-23(20,21)12-16-10-22-17(19-16)14-4-2-1-3-5-14/h1-10H,11-12H2. The number of thiazole rings is 1. The van der Waals surface area contributed by atoms with E-state index in [1.54, 1.807) is 5.38 Å². The van der Waals surface area contributed by atoms with Crippen molar-refractivity contribution in [3.05, 3.63) is 77.1 Å². The van der Waals surface area contributed by atoms with Crippen LogP contribution in [-0.4, -0.2) is 13.4 Å². The Hall–Kier alpha value is -2.05. The third-order valence-corrected chi connectivity index (χ3v) is 5.69. The summed E-state index contributed by atoms with van der Waals surface area (Å²) in [5.74, 6) is -0.614. The lowest BCUT2D eigenvalue weighted by Crippen LogP contribution is -2.08. The number of hydrogen-bond acceptors (Lipinski definition) is 4. The van der Waals surface area contributed by atoms with Gasteiger partial charge in [-0.15, -0.1) is 11.3 Å². The van der Waals surface area contributed by atoms with Gasteiger partial charge in [0.2, 0.25) is 0 Å². The summed E-state index contributed by atoms with van der Waals surface area (Å²) in [6, 6.07) is 15.1. The molecule has 23 heavy (non-hydrogen) atoms. The molecule has 0 unspecified atom stereocenters. The van der Waals surface area contributed by atoms with Crippen molar-refractivity contribution in [3.8, 4) is 10.6 Å². The fraction of sp³-hybridized carbons (Fsp3) is 0.118. The van der Waals surface area contributed by atoms with Crippen molar-refractivity contribution in [1.82, 2.24) is 4.98 Å². The highest BCUT2D eigenvalue weighted by atomic mass is 32.2. The average Bonchev–Trinajstić information content (AvgIpc) is 2.98. The molecule has 3 aromatic rings. The normalized spacial score (nSPS) is 11.5. The number of aromatic nitrogens is 1. The highest BCUT2D eigenvalue weighted by Crippen LogP contribution is 2.24. The molecule has 118 valence electrons. The number of sulfone groups is 1. The van der Waals surface area contributed by atoms with Crippen molar-refractivity contribution >= 4 is 21.2 Å². The molecule has 0 aliphatic rings. The van der Waals surface area contributed by atoms with E-state index in [9.17, 15) is 12.8 Å². The third kappa shape index (κ3) is 4.24. The van der Waals surface area contributed by atoms with Crippen LogP contribution in [0.3, 0.4) is 0 Å². The predicted octanol–water partition coefficient (Wildman–Crippen LogP) is 4.06. The van der Waals surface area contributed by atoms with E-state index < -0.39 is 9.84 Å². The lowest BCUT2D eigenvalue weighted by molar-refractivity contribution is 0.593. The van der Waals surface area contributed by atoms with Crippen LogP contribution in [0.1, 0.15) is 11.3 Å². The van der Waals surface area contributed by atoms with Crippen molar-refractivity contribution in [2.75, 3.05) is 0 Å². The lowest BCUT2D eigenvalue weighted by Gasteiger charge is -2.03. The van der Waals surface area contributed by atoms with E-state index in [2.05, 4.69) is 4.98 Å². The van der Waals surface area contributed by atoms with Gasteiger partial charge in [-0.1, -0.05) is 42.5 Å². The maximum absolute atomic E-state index is 12.9. The van der Waals surface area contributed by atoms with Crippen LogP contribution in [0.15, 0.2) is 60.0 Å². The number of halogens is 1. The van der Waals surface area contributed by atoms with Gasteiger partial charge in [-0.05, 0) is 17.7 Å². The smallest absolute Gasteiger partial charge is 0.160 e. The lowest BCUT2D eigenvalue weighted by atomic mass is 10.2. The summed E-state index contributed by atoms with van der Waals surface area (Å²) in [6.45, 7) is 0. The first kappa shape index (κ1) is 15.8. The van der Waals surface area contributed by atoms with Gasteiger partial charge in [0.15, 0.2) is 9.84 Å². The average molecular weight is 347 g/mol. The molecule has 0 amide bonds. The first-order valence-corrected chi connectivity index (χ1v) is 9.67. The number of benzene rings is 2. The van der Waals surface area contributed by atoms with E-state index in [-0.39, 0.29) is 17.3 Å². The van der Waals surface area contributed by atoms with Crippen LogP contribution in [0, 0.1) is 5.82 Å². The van der Waals surface area contributed by atoms with E-state index >= 15 is 0 Å². The zero-order valence-electron chi connectivity index (χ0n) is 12.1. The molecule has 0 bridgehead atoms. The molecule has 0 aliphatic carbocycles. The van der Waals surface area contributed by atoms with Crippen LogP contribution in [0.5, 0.6) is 0 Å². The summed E-state index contributed by atoms with van der Waals surface area (Å²) in [4.78, 5) is 4.40. The fourth-order valence-corrected chi connectivity index (χ4v) is 4.53. The minimum absolute atomic E-state index is 0.117. The van der Waals surface area contributed by atoms with Crippen molar-refractivity contribution in [2.45, 2.75) is 11.5 Å². The van der Waals surface area contributed by atoms with Crippen LogP contribution < -0.4 is 0 Å². The topological polar surface area (TPSA) is 47.0 Å². The molecular formula is C17H14FNO2S2. The molecule has 0 N–H and O–H groups in total. The third-order valence-electron chi connectivity index (χ3n) is 3.24. The number of nitrogens with zero attached hydrogens (tertiary/aromatic N) is 1. The van der Waals surface area contributed by atoms with Gasteiger partial charge in [0.25, 0.3) is 0 Å². The summed E-state index contributed by atoms with van der Waals surface area (Å²) in [5, 5.41) is 2.57. The quantitative estimate of drug-likeness (QED) is 0.699. The van der Waals surface area contributed by atoms with Crippen LogP contribution in [-0.2, 0) is 21.3 Å².